The molecule has 0 radical (unpaired) electrons. The maximum atomic E-state index is 6.75. The van der Waals surface area contributed by atoms with Gasteiger partial charge in [0.05, 0.1) is 22.4 Å². The van der Waals surface area contributed by atoms with Crippen molar-refractivity contribution in [2.24, 2.45) is 10.8 Å². The summed E-state index contributed by atoms with van der Waals surface area (Å²) in [5.41, 5.74) is 9.32. The summed E-state index contributed by atoms with van der Waals surface area (Å²) in [7, 11) is 0. The molecule has 10 rings (SSSR count). The van der Waals surface area contributed by atoms with E-state index in [1.165, 1.54) is 45.4 Å². The number of pyridine rings is 1. The van der Waals surface area contributed by atoms with E-state index in [2.05, 4.69) is 200 Å². The van der Waals surface area contributed by atoms with E-state index < -0.39 is 0 Å². The maximum Gasteiger partial charge on any atom is 0.137 e. The van der Waals surface area contributed by atoms with Crippen LogP contribution in [0.15, 0.2) is 170 Å². The average molecular weight is 745 g/mol. The van der Waals surface area contributed by atoms with Crippen LogP contribution in [-0.2, 0) is 5.41 Å². The highest BCUT2D eigenvalue weighted by atomic mass is 16.5. The zero-order valence-corrected chi connectivity index (χ0v) is 33.2. The lowest BCUT2D eigenvalue weighted by molar-refractivity contribution is 0.00547. The van der Waals surface area contributed by atoms with Crippen LogP contribution in [0.1, 0.15) is 58.1 Å². The minimum Gasteiger partial charge on any atom is -0.457 e. The number of benzene rings is 6. The monoisotopic (exact) mass is 744 g/mol. The quantitative estimate of drug-likeness (QED) is 0.163. The fraction of sp³-hybridized carbons (Fsp3) is 0.212. The molecule has 2 aliphatic rings. The van der Waals surface area contributed by atoms with Gasteiger partial charge in [0.1, 0.15) is 24.0 Å². The molecule has 0 N–H and O–H groups in total. The van der Waals surface area contributed by atoms with Gasteiger partial charge in [0, 0.05) is 45.9 Å². The number of hydrogen-bond donors (Lipinski definition) is 0. The molecule has 1 fully saturated rings. The SMILES string of the molecule is CC1(C)CCCC(C)(C)C1(c1ccccc1)c1ccnc(-n2c3ccccc3c3ccc(Oc4cccc(N5CN(c6ccccc6)c6ccccc65)c4)cc32)c1. The molecule has 1 aliphatic heterocycles. The lowest BCUT2D eigenvalue weighted by Crippen LogP contribution is -2.56. The Morgan fingerprint density at radius 3 is 1.88 bits per heavy atom. The van der Waals surface area contributed by atoms with Gasteiger partial charge in [-0.3, -0.25) is 4.57 Å². The average Bonchev–Trinajstić information content (AvgIpc) is 3.78. The molecule has 0 unspecified atom stereocenters. The van der Waals surface area contributed by atoms with Crippen LogP contribution in [0.4, 0.5) is 22.7 Å². The number of ether oxygens (including phenoxy) is 1. The Labute approximate surface area is 335 Å². The summed E-state index contributed by atoms with van der Waals surface area (Å²) in [5.74, 6) is 2.49. The van der Waals surface area contributed by atoms with Crippen LogP contribution in [0.2, 0.25) is 0 Å². The maximum absolute atomic E-state index is 6.75. The summed E-state index contributed by atoms with van der Waals surface area (Å²) in [4.78, 5) is 9.84. The van der Waals surface area contributed by atoms with E-state index >= 15 is 0 Å². The predicted molar refractivity (Wildman–Crippen MR) is 236 cm³/mol. The topological polar surface area (TPSA) is 33.5 Å². The number of nitrogens with zero attached hydrogens (tertiary/aromatic N) is 4. The molecule has 0 atom stereocenters. The van der Waals surface area contributed by atoms with Gasteiger partial charge in [-0.2, -0.15) is 0 Å². The molecule has 282 valence electrons. The number of anilines is 4. The molecular formula is C52H48N4O. The first kappa shape index (κ1) is 35.1. The molecule has 0 amide bonds. The Morgan fingerprint density at radius 1 is 0.509 bits per heavy atom. The highest BCUT2D eigenvalue weighted by Crippen LogP contribution is 2.64. The van der Waals surface area contributed by atoms with E-state index in [0.29, 0.717) is 6.67 Å². The molecule has 8 aromatic rings. The Bertz CT molecular complexity index is 2730. The van der Waals surface area contributed by atoms with Crippen LogP contribution in [0, 0.1) is 10.8 Å². The molecule has 6 aromatic carbocycles. The van der Waals surface area contributed by atoms with E-state index in [1.807, 2.05) is 12.3 Å². The zero-order valence-electron chi connectivity index (χ0n) is 33.2. The van der Waals surface area contributed by atoms with Gasteiger partial charge >= 0.3 is 0 Å². The molecule has 1 saturated carbocycles. The van der Waals surface area contributed by atoms with Crippen molar-refractivity contribution in [1.82, 2.24) is 9.55 Å². The first-order valence-electron chi connectivity index (χ1n) is 20.3. The van der Waals surface area contributed by atoms with E-state index in [0.717, 1.165) is 46.9 Å². The van der Waals surface area contributed by atoms with Gasteiger partial charge in [0.25, 0.3) is 0 Å². The van der Waals surface area contributed by atoms with Crippen LogP contribution in [0.3, 0.4) is 0 Å². The largest absolute Gasteiger partial charge is 0.457 e. The minimum absolute atomic E-state index is 0.0160. The van der Waals surface area contributed by atoms with Crippen LogP contribution in [-0.4, -0.2) is 16.2 Å². The zero-order chi connectivity index (χ0) is 38.8. The molecule has 5 heteroatoms. The van der Waals surface area contributed by atoms with Crippen molar-refractivity contribution in [2.45, 2.75) is 52.4 Å². The Balaban J connectivity index is 1.06. The summed E-state index contributed by atoms with van der Waals surface area (Å²) < 4.78 is 9.08. The molecule has 1 aliphatic carbocycles. The second-order valence-corrected chi connectivity index (χ2v) is 17.1. The smallest absolute Gasteiger partial charge is 0.137 e. The lowest BCUT2D eigenvalue weighted by atomic mass is 9.43. The van der Waals surface area contributed by atoms with Crippen molar-refractivity contribution in [3.63, 3.8) is 0 Å². The van der Waals surface area contributed by atoms with E-state index in [9.17, 15) is 0 Å². The summed E-state index contributed by atoms with van der Waals surface area (Å²) in [6, 6.07) is 58.6. The number of rotatable bonds is 7. The molecule has 0 saturated heterocycles. The Kier molecular flexibility index (Phi) is 8.26. The van der Waals surface area contributed by atoms with Crippen LogP contribution in [0.5, 0.6) is 11.5 Å². The van der Waals surface area contributed by atoms with Crippen molar-refractivity contribution in [3.8, 4) is 17.3 Å². The second-order valence-electron chi connectivity index (χ2n) is 17.1. The first-order chi connectivity index (χ1) is 27.7. The lowest BCUT2D eigenvalue weighted by Gasteiger charge is -2.60. The van der Waals surface area contributed by atoms with Gasteiger partial charge in [-0.15, -0.1) is 0 Å². The molecule has 0 spiro atoms. The van der Waals surface area contributed by atoms with Crippen molar-refractivity contribution >= 4 is 44.6 Å². The van der Waals surface area contributed by atoms with E-state index in [4.69, 9.17) is 9.72 Å². The van der Waals surface area contributed by atoms with E-state index in [1.54, 1.807) is 0 Å². The van der Waals surface area contributed by atoms with Gasteiger partial charge in [0.2, 0.25) is 0 Å². The third-order valence-corrected chi connectivity index (χ3v) is 13.1. The molecule has 0 bridgehead atoms. The van der Waals surface area contributed by atoms with Crippen molar-refractivity contribution in [1.29, 1.82) is 0 Å². The Hall–Kier alpha value is -6.33. The van der Waals surface area contributed by atoms with Gasteiger partial charge in [-0.1, -0.05) is 119 Å². The fourth-order valence-electron chi connectivity index (χ4n) is 10.8. The van der Waals surface area contributed by atoms with Crippen molar-refractivity contribution in [3.05, 3.63) is 181 Å². The van der Waals surface area contributed by atoms with Gasteiger partial charge in [-0.25, -0.2) is 4.98 Å². The summed E-state index contributed by atoms with van der Waals surface area (Å²) in [6.45, 7) is 10.6. The third-order valence-electron chi connectivity index (χ3n) is 13.1. The fourth-order valence-corrected chi connectivity index (χ4v) is 10.8. The summed E-state index contributed by atoms with van der Waals surface area (Å²) in [6.07, 6.45) is 5.58. The number of fused-ring (bicyclic) bond motifs is 4. The number of para-hydroxylation sites is 4. The number of aromatic nitrogens is 2. The van der Waals surface area contributed by atoms with Crippen LogP contribution < -0.4 is 14.5 Å². The molecule has 3 heterocycles. The normalized spacial score (nSPS) is 16.8. The van der Waals surface area contributed by atoms with Gasteiger partial charge in [-0.05, 0) is 102 Å². The third kappa shape index (κ3) is 5.55. The highest BCUT2D eigenvalue weighted by Gasteiger charge is 2.58. The highest BCUT2D eigenvalue weighted by molar-refractivity contribution is 6.09. The second kappa shape index (κ2) is 13.4. The summed E-state index contributed by atoms with van der Waals surface area (Å²) in [5, 5.41) is 2.37. The Morgan fingerprint density at radius 2 is 1.12 bits per heavy atom. The molecular weight excluding hydrogens is 697 g/mol. The van der Waals surface area contributed by atoms with Crippen LogP contribution >= 0.6 is 0 Å². The minimum atomic E-state index is -0.219. The predicted octanol–water partition coefficient (Wildman–Crippen LogP) is 13.7. The van der Waals surface area contributed by atoms with Crippen LogP contribution in [0.25, 0.3) is 27.6 Å². The standard InChI is InChI=1S/C52H48N4O/c1-50(2)30-16-31-51(3,4)52(50,37-17-7-5-8-18-37)38-29-32-53-49(33-38)56-45-24-12-11-23-43(45)44-28-27-42(35-48(44)56)57-41-22-15-21-40(34-41)55-36-54(39-19-9-6-10-20-39)46-25-13-14-26-47(46)55/h5-15,17-29,32-35H,16,30-31,36H2,1-4H3. The van der Waals surface area contributed by atoms with E-state index in [-0.39, 0.29) is 16.2 Å². The molecule has 5 nitrogen and oxygen atoms in total. The number of hydrogen-bond acceptors (Lipinski definition) is 4. The molecule has 2 aromatic heterocycles. The van der Waals surface area contributed by atoms with Crippen molar-refractivity contribution < 1.29 is 4.74 Å². The first-order valence-corrected chi connectivity index (χ1v) is 20.3. The van der Waals surface area contributed by atoms with Gasteiger partial charge < -0.3 is 14.5 Å². The van der Waals surface area contributed by atoms with Gasteiger partial charge in [0.15, 0.2) is 0 Å². The van der Waals surface area contributed by atoms with Crippen molar-refractivity contribution in [2.75, 3.05) is 16.5 Å². The molecule has 57 heavy (non-hydrogen) atoms. The summed E-state index contributed by atoms with van der Waals surface area (Å²) >= 11 is 0.